The third-order valence-corrected chi connectivity index (χ3v) is 5.32. The van der Waals surface area contributed by atoms with Gasteiger partial charge in [-0.3, -0.25) is 4.90 Å². The summed E-state index contributed by atoms with van der Waals surface area (Å²) in [5.41, 5.74) is 1.94. The minimum absolute atomic E-state index is 0.0823. The molecule has 1 aliphatic rings. The molecule has 1 aliphatic heterocycles. The molecule has 5 heteroatoms. The van der Waals surface area contributed by atoms with Gasteiger partial charge in [0.2, 0.25) is 0 Å². The highest BCUT2D eigenvalue weighted by Gasteiger charge is 2.30. The molecule has 4 nitrogen and oxygen atoms in total. The Morgan fingerprint density at radius 2 is 2.15 bits per heavy atom. The molecule has 20 heavy (non-hydrogen) atoms. The summed E-state index contributed by atoms with van der Waals surface area (Å²) in [6, 6.07) is 7.83. The van der Waals surface area contributed by atoms with Crippen LogP contribution < -0.4 is 0 Å². The molecule has 108 valence electrons. The van der Waals surface area contributed by atoms with E-state index in [0.29, 0.717) is 13.0 Å². The van der Waals surface area contributed by atoms with E-state index in [9.17, 15) is 8.42 Å². The van der Waals surface area contributed by atoms with Crippen molar-refractivity contribution in [2.24, 2.45) is 0 Å². The summed E-state index contributed by atoms with van der Waals surface area (Å²) in [5.74, 6) is 6.11. The van der Waals surface area contributed by atoms with Crippen molar-refractivity contribution >= 4 is 9.84 Å². The van der Waals surface area contributed by atoms with Gasteiger partial charge in [0, 0.05) is 18.2 Å². The molecule has 1 N–H and O–H groups in total. The lowest BCUT2D eigenvalue weighted by atomic mass is 10.1. The van der Waals surface area contributed by atoms with Crippen molar-refractivity contribution < 1.29 is 13.5 Å². The molecule has 1 saturated heterocycles. The number of rotatable bonds is 3. The minimum Gasteiger partial charge on any atom is -0.384 e. The molecule has 0 bridgehead atoms. The van der Waals surface area contributed by atoms with Crippen molar-refractivity contribution in [3.63, 3.8) is 0 Å². The summed E-state index contributed by atoms with van der Waals surface area (Å²) in [7, 11) is -0.914. The highest BCUT2D eigenvalue weighted by molar-refractivity contribution is 7.91. The summed E-state index contributed by atoms with van der Waals surface area (Å²) < 4.78 is 23.1. The molecule has 0 aliphatic carbocycles. The van der Waals surface area contributed by atoms with Gasteiger partial charge >= 0.3 is 0 Å². The smallest absolute Gasteiger partial charge is 0.151 e. The van der Waals surface area contributed by atoms with Crippen LogP contribution in [0.5, 0.6) is 0 Å². The molecule has 1 aromatic rings. The van der Waals surface area contributed by atoms with Crippen molar-refractivity contribution in [1.29, 1.82) is 0 Å². The standard InChI is InChI=1S/C15H19NO3S/c1-16(15-8-10-20(18,19)12-15)11-14-6-3-2-5-13(14)7-4-9-17/h2-3,5-6,15,17H,8-12H2,1H3. The molecule has 1 fully saturated rings. The molecule has 2 rings (SSSR count). The van der Waals surface area contributed by atoms with Gasteiger partial charge < -0.3 is 5.11 Å². The Morgan fingerprint density at radius 3 is 2.80 bits per heavy atom. The first-order chi connectivity index (χ1) is 9.52. The molecule has 1 heterocycles. The van der Waals surface area contributed by atoms with Crippen LogP contribution in [0.4, 0.5) is 0 Å². The third-order valence-electron chi connectivity index (χ3n) is 3.57. The van der Waals surface area contributed by atoms with Crippen molar-refractivity contribution in [2.75, 3.05) is 25.2 Å². The normalized spacial score (nSPS) is 20.6. The molecule has 0 amide bonds. The molecule has 1 aromatic carbocycles. The van der Waals surface area contributed by atoms with E-state index in [2.05, 4.69) is 16.7 Å². The zero-order valence-electron chi connectivity index (χ0n) is 11.5. The molecule has 0 aromatic heterocycles. The minimum atomic E-state index is -2.86. The van der Waals surface area contributed by atoms with Crippen molar-refractivity contribution in [1.82, 2.24) is 4.90 Å². The average molecular weight is 293 g/mol. The molecule has 1 unspecified atom stereocenters. The van der Waals surface area contributed by atoms with Crippen molar-refractivity contribution in [3.8, 4) is 11.8 Å². The number of hydrogen-bond acceptors (Lipinski definition) is 4. The molecule has 0 saturated carbocycles. The van der Waals surface area contributed by atoms with Gasteiger partial charge in [-0.15, -0.1) is 0 Å². The summed E-state index contributed by atoms with van der Waals surface area (Å²) in [6.07, 6.45) is 0.698. The molecule has 1 atom stereocenters. The lowest BCUT2D eigenvalue weighted by molar-refractivity contribution is 0.254. The van der Waals surface area contributed by atoms with Crippen molar-refractivity contribution in [3.05, 3.63) is 35.4 Å². The predicted octanol–water partition coefficient (Wildman–Crippen LogP) is 0.649. The monoisotopic (exact) mass is 293 g/mol. The maximum Gasteiger partial charge on any atom is 0.151 e. The van der Waals surface area contributed by atoms with Gasteiger partial charge in [0.05, 0.1) is 11.5 Å². The van der Waals surface area contributed by atoms with E-state index in [4.69, 9.17) is 5.11 Å². The Balaban J connectivity index is 2.10. The quantitative estimate of drug-likeness (QED) is 0.831. The first kappa shape index (κ1) is 15.0. The van der Waals surface area contributed by atoms with Gasteiger partial charge in [0.1, 0.15) is 6.61 Å². The van der Waals surface area contributed by atoms with Crippen LogP contribution in [0.25, 0.3) is 0 Å². The largest absolute Gasteiger partial charge is 0.384 e. The SMILES string of the molecule is CN(Cc1ccccc1C#CCO)C1CCS(=O)(=O)C1. The van der Waals surface area contributed by atoms with Crippen LogP contribution in [0, 0.1) is 11.8 Å². The Morgan fingerprint density at radius 1 is 1.40 bits per heavy atom. The van der Waals surface area contributed by atoms with Crippen LogP contribution in [0.3, 0.4) is 0 Å². The van der Waals surface area contributed by atoms with Gasteiger partial charge in [-0.2, -0.15) is 0 Å². The number of benzene rings is 1. The summed E-state index contributed by atoms with van der Waals surface area (Å²) in [4.78, 5) is 2.07. The van der Waals surface area contributed by atoms with Crippen LogP contribution >= 0.6 is 0 Å². The van der Waals surface area contributed by atoms with E-state index in [1.54, 1.807) is 0 Å². The Labute approximate surface area is 120 Å². The Kier molecular flexibility index (Phi) is 4.81. The zero-order chi connectivity index (χ0) is 14.6. The number of aliphatic hydroxyl groups is 1. The number of aliphatic hydroxyl groups excluding tert-OH is 1. The second kappa shape index (κ2) is 6.40. The highest BCUT2D eigenvalue weighted by Crippen LogP contribution is 2.19. The molecule has 0 radical (unpaired) electrons. The molecular formula is C15H19NO3S. The lowest BCUT2D eigenvalue weighted by Crippen LogP contribution is -2.32. The van der Waals surface area contributed by atoms with Crippen LogP contribution in [-0.4, -0.2) is 49.6 Å². The first-order valence-corrected chi connectivity index (χ1v) is 8.42. The van der Waals surface area contributed by atoms with E-state index >= 15 is 0 Å². The van der Waals surface area contributed by atoms with Crippen LogP contribution in [0.1, 0.15) is 17.5 Å². The van der Waals surface area contributed by atoms with Crippen LogP contribution in [0.15, 0.2) is 24.3 Å². The van der Waals surface area contributed by atoms with Gasteiger partial charge in [-0.05, 0) is 25.1 Å². The first-order valence-electron chi connectivity index (χ1n) is 6.60. The number of sulfone groups is 1. The predicted molar refractivity (Wildman–Crippen MR) is 78.9 cm³/mol. The zero-order valence-corrected chi connectivity index (χ0v) is 12.4. The van der Waals surface area contributed by atoms with Crippen LogP contribution in [0.2, 0.25) is 0 Å². The highest BCUT2D eigenvalue weighted by atomic mass is 32.2. The van der Waals surface area contributed by atoms with Gasteiger partial charge in [0.25, 0.3) is 0 Å². The lowest BCUT2D eigenvalue weighted by Gasteiger charge is -2.23. The second-order valence-corrected chi connectivity index (χ2v) is 7.32. The third kappa shape index (κ3) is 3.83. The van der Waals surface area contributed by atoms with Crippen LogP contribution in [-0.2, 0) is 16.4 Å². The van der Waals surface area contributed by atoms with E-state index < -0.39 is 9.84 Å². The van der Waals surface area contributed by atoms with Gasteiger partial charge in [0.15, 0.2) is 9.84 Å². The van der Waals surface area contributed by atoms with E-state index in [0.717, 1.165) is 11.1 Å². The van der Waals surface area contributed by atoms with E-state index in [-0.39, 0.29) is 24.2 Å². The summed E-state index contributed by atoms with van der Waals surface area (Å²) in [5, 5.41) is 8.78. The fraction of sp³-hybridized carbons (Fsp3) is 0.467. The average Bonchev–Trinajstić information content (AvgIpc) is 2.78. The van der Waals surface area contributed by atoms with Gasteiger partial charge in [-0.1, -0.05) is 30.0 Å². The maximum absolute atomic E-state index is 11.5. The molecule has 0 spiro atoms. The maximum atomic E-state index is 11.5. The summed E-state index contributed by atoms with van der Waals surface area (Å²) in [6.45, 7) is 0.501. The van der Waals surface area contributed by atoms with Gasteiger partial charge in [-0.25, -0.2) is 8.42 Å². The van der Waals surface area contributed by atoms with Crippen molar-refractivity contribution in [2.45, 2.75) is 19.0 Å². The Bertz CT molecular complexity index is 628. The molecular weight excluding hydrogens is 274 g/mol. The second-order valence-electron chi connectivity index (χ2n) is 5.09. The summed E-state index contributed by atoms with van der Waals surface area (Å²) >= 11 is 0. The number of nitrogens with zero attached hydrogens (tertiary/aromatic N) is 1. The topological polar surface area (TPSA) is 57.6 Å². The fourth-order valence-corrected chi connectivity index (χ4v) is 4.24. The van der Waals surface area contributed by atoms with E-state index in [1.807, 2.05) is 31.3 Å². The van der Waals surface area contributed by atoms with E-state index in [1.165, 1.54) is 0 Å². The Hall–Kier alpha value is -1.35. The fourth-order valence-electron chi connectivity index (χ4n) is 2.44. The number of hydrogen-bond donors (Lipinski definition) is 1.